The number of rotatable bonds is 2. The Balaban J connectivity index is 1.66. The average Bonchev–Trinajstić information content (AvgIpc) is 2.81. The molecule has 0 bridgehead atoms. The van der Waals surface area contributed by atoms with E-state index in [4.69, 9.17) is 8.74 Å². The summed E-state index contributed by atoms with van der Waals surface area (Å²) in [5, 5.41) is 10.4. The van der Waals surface area contributed by atoms with E-state index in [0.717, 1.165) is 37.7 Å². The van der Waals surface area contributed by atoms with Gasteiger partial charge in [0.1, 0.15) is 0 Å². The van der Waals surface area contributed by atoms with E-state index in [-0.39, 0.29) is 11.5 Å². The fourth-order valence-electron chi connectivity index (χ4n) is 5.25. The van der Waals surface area contributed by atoms with E-state index in [0.29, 0.717) is 18.8 Å². The van der Waals surface area contributed by atoms with E-state index in [1.807, 2.05) is 0 Å². The first kappa shape index (κ1) is 16.5. The Bertz CT molecular complexity index is 772. The molecule has 2 N–H and O–H groups in total. The molecule has 3 aliphatic rings. The van der Waals surface area contributed by atoms with Gasteiger partial charge in [-0.15, -0.1) is 0 Å². The third kappa shape index (κ3) is 2.60. The van der Waals surface area contributed by atoms with Gasteiger partial charge in [0.15, 0.2) is 0 Å². The molecule has 24 heavy (non-hydrogen) atoms. The Morgan fingerprint density at radius 1 is 1.17 bits per heavy atom. The summed E-state index contributed by atoms with van der Waals surface area (Å²) >= 11 is 0. The number of aliphatic hydroxyl groups is 1. The fraction of sp³-hybridized carbons (Fsp3) is 0.667. The zero-order valence-electron chi connectivity index (χ0n) is 13.9. The number of hydrogen-bond acceptors (Lipinski definition) is 4. The van der Waals surface area contributed by atoms with Crippen LogP contribution in [-0.2, 0) is 33.8 Å². The van der Waals surface area contributed by atoms with Crippen LogP contribution in [0.5, 0.6) is 0 Å². The molecule has 0 saturated heterocycles. The largest absolute Gasteiger partial charge is 0.397 e. The molecule has 5 nitrogen and oxygen atoms in total. The van der Waals surface area contributed by atoms with Gasteiger partial charge in [0, 0.05) is 11.8 Å². The fourth-order valence-corrected chi connectivity index (χ4v) is 5.76. The molecule has 0 aromatic heterocycles. The summed E-state index contributed by atoms with van der Waals surface area (Å²) in [5.74, 6) is 0.424. The highest BCUT2D eigenvalue weighted by Crippen LogP contribution is 2.56. The molecule has 4 atom stereocenters. The SMILES string of the molecule is C[C@]12CCc3c(ccc4c3CC[C@H](OS(=O)(=O)O)C4)[C@@H]1CC[C@@H]2O. The highest BCUT2D eigenvalue weighted by atomic mass is 32.3. The molecule has 1 aromatic carbocycles. The minimum atomic E-state index is -4.40. The lowest BCUT2D eigenvalue weighted by Gasteiger charge is -2.41. The maximum Gasteiger partial charge on any atom is 0.397 e. The molecule has 0 aliphatic heterocycles. The molecule has 0 radical (unpaired) electrons. The molecule has 0 heterocycles. The summed E-state index contributed by atoms with van der Waals surface area (Å²) in [7, 11) is -4.40. The van der Waals surface area contributed by atoms with Crippen molar-refractivity contribution in [3.05, 3.63) is 34.4 Å². The minimum Gasteiger partial charge on any atom is -0.393 e. The van der Waals surface area contributed by atoms with Crippen LogP contribution in [0.2, 0.25) is 0 Å². The van der Waals surface area contributed by atoms with Crippen molar-refractivity contribution in [1.29, 1.82) is 0 Å². The van der Waals surface area contributed by atoms with E-state index in [1.54, 1.807) is 0 Å². The Morgan fingerprint density at radius 2 is 1.96 bits per heavy atom. The Hall–Kier alpha value is -0.950. The van der Waals surface area contributed by atoms with Crippen molar-refractivity contribution in [2.24, 2.45) is 5.41 Å². The van der Waals surface area contributed by atoms with Crippen LogP contribution >= 0.6 is 0 Å². The molecular weight excluding hydrogens is 328 g/mol. The van der Waals surface area contributed by atoms with Crippen molar-refractivity contribution in [3.8, 4) is 0 Å². The molecule has 0 spiro atoms. The zero-order chi connectivity index (χ0) is 17.1. The van der Waals surface area contributed by atoms with Crippen LogP contribution in [0.1, 0.15) is 60.8 Å². The number of hydrogen-bond donors (Lipinski definition) is 2. The lowest BCUT2D eigenvalue weighted by Crippen LogP contribution is -2.36. The number of fused-ring (bicyclic) bond motifs is 5. The normalized spacial score (nSPS) is 35.2. The lowest BCUT2D eigenvalue weighted by atomic mass is 9.64. The molecular formula is C18H24O5S. The van der Waals surface area contributed by atoms with Crippen LogP contribution in [0, 0.1) is 5.41 Å². The summed E-state index contributed by atoms with van der Waals surface area (Å²) in [6.07, 6.45) is 5.12. The average molecular weight is 352 g/mol. The van der Waals surface area contributed by atoms with Gasteiger partial charge in [-0.1, -0.05) is 19.1 Å². The van der Waals surface area contributed by atoms with Gasteiger partial charge >= 0.3 is 10.4 Å². The summed E-state index contributed by atoms with van der Waals surface area (Å²) in [5.41, 5.74) is 5.26. The monoisotopic (exact) mass is 352 g/mol. The van der Waals surface area contributed by atoms with Crippen LogP contribution in [0.15, 0.2) is 12.1 Å². The second kappa shape index (κ2) is 5.53. The Morgan fingerprint density at radius 3 is 2.71 bits per heavy atom. The maximum atomic E-state index is 10.9. The van der Waals surface area contributed by atoms with Gasteiger partial charge in [-0.2, -0.15) is 8.42 Å². The van der Waals surface area contributed by atoms with Crippen LogP contribution in [-0.4, -0.2) is 30.3 Å². The van der Waals surface area contributed by atoms with Gasteiger partial charge in [-0.25, -0.2) is 4.18 Å². The Labute approximate surface area is 143 Å². The lowest BCUT2D eigenvalue weighted by molar-refractivity contribution is 0.0455. The smallest absolute Gasteiger partial charge is 0.393 e. The van der Waals surface area contributed by atoms with Gasteiger partial charge in [-0.05, 0) is 66.7 Å². The van der Waals surface area contributed by atoms with Crippen LogP contribution < -0.4 is 0 Å². The molecule has 0 amide bonds. The van der Waals surface area contributed by atoms with Crippen molar-refractivity contribution in [1.82, 2.24) is 0 Å². The van der Waals surface area contributed by atoms with Crippen LogP contribution in [0.4, 0.5) is 0 Å². The first-order valence-electron chi connectivity index (χ1n) is 8.75. The molecule has 4 rings (SSSR count). The summed E-state index contributed by atoms with van der Waals surface area (Å²) in [6, 6.07) is 4.26. The van der Waals surface area contributed by atoms with Crippen molar-refractivity contribution < 1.29 is 22.3 Å². The summed E-state index contributed by atoms with van der Waals surface area (Å²) < 4.78 is 35.6. The van der Waals surface area contributed by atoms with Gasteiger partial charge < -0.3 is 5.11 Å². The molecule has 6 heteroatoms. The molecule has 0 unspecified atom stereocenters. The van der Waals surface area contributed by atoms with Gasteiger partial charge in [-0.3, -0.25) is 4.55 Å². The van der Waals surface area contributed by atoms with Crippen molar-refractivity contribution >= 4 is 10.4 Å². The van der Waals surface area contributed by atoms with E-state index >= 15 is 0 Å². The standard InChI is InChI=1S/C18H24O5S/c1-18-9-8-14-13-5-3-12(23-24(20,21)22)10-11(13)2-4-15(14)16(18)6-7-17(18)19/h2,4,12,16-17,19H,3,5-10H2,1H3,(H,20,21,22)/t12-,16-,17-,18-/m0/s1. The third-order valence-corrected chi connectivity index (χ3v) is 7.08. The topological polar surface area (TPSA) is 83.8 Å². The number of aliphatic hydroxyl groups excluding tert-OH is 1. The highest BCUT2D eigenvalue weighted by Gasteiger charge is 2.49. The van der Waals surface area contributed by atoms with Crippen molar-refractivity contribution in [2.75, 3.05) is 0 Å². The third-order valence-electron chi connectivity index (χ3n) is 6.56. The van der Waals surface area contributed by atoms with Gasteiger partial charge in [0.2, 0.25) is 0 Å². The second-order valence-corrected chi connectivity index (χ2v) is 8.86. The quantitative estimate of drug-likeness (QED) is 0.799. The first-order valence-corrected chi connectivity index (χ1v) is 10.1. The van der Waals surface area contributed by atoms with Crippen LogP contribution in [0.3, 0.4) is 0 Å². The van der Waals surface area contributed by atoms with E-state index < -0.39 is 16.5 Å². The number of benzene rings is 1. The maximum absolute atomic E-state index is 10.9. The molecule has 1 aromatic rings. The second-order valence-electron chi connectivity index (χ2n) is 7.81. The predicted molar refractivity (Wildman–Crippen MR) is 89.3 cm³/mol. The van der Waals surface area contributed by atoms with Crippen molar-refractivity contribution in [3.63, 3.8) is 0 Å². The molecule has 1 fully saturated rings. The first-order chi connectivity index (χ1) is 11.3. The van der Waals surface area contributed by atoms with E-state index in [1.165, 1.54) is 16.7 Å². The minimum absolute atomic E-state index is 0.00742. The molecule has 132 valence electrons. The van der Waals surface area contributed by atoms with Gasteiger partial charge in [0.05, 0.1) is 12.2 Å². The molecule has 1 saturated carbocycles. The van der Waals surface area contributed by atoms with Crippen molar-refractivity contribution in [2.45, 2.75) is 70.0 Å². The predicted octanol–water partition coefficient (Wildman–Crippen LogP) is 2.55. The summed E-state index contributed by atoms with van der Waals surface area (Å²) in [6.45, 7) is 2.22. The van der Waals surface area contributed by atoms with E-state index in [2.05, 4.69) is 19.1 Å². The molecule has 3 aliphatic carbocycles. The zero-order valence-corrected chi connectivity index (χ0v) is 14.7. The van der Waals surface area contributed by atoms with Crippen LogP contribution in [0.25, 0.3) is 0 Å². The Kier molecular flexibility index (Phi) is 3.80. The van der Waals surface area contributed by atoms with E-state index in [9.17, 15) is 13.5 Å². The summed E-state index contributed by atoms with van der Waals surface area (Å²) in [4.78, 5) is 0. The van der Waals surface area contributed by atoms with Gasteiger partial charge in [0.25, 0.3) is 0 Å². The highest BCUT2D eigenvalue weighted by molar-refractivity contribution is 7.80.